The Morgan fingerprint density at radius 1 is 0.983 bits per heavy atom. The highest BCUT2D eigenvalue weighted by molar-refractivity contribution is 6.32. The molecular weight excluding hydrogens is 758 g/mol. The Kier molecular flexibility index (Phi) is 15.5. The van der Waals surface area contributed by atoms with E-state index >= 15 is 0 Å². The second-order valence-corrected chi connectivity index (χ2v) is 16.1. The lowest BCUT2D eigenvalue weighted by Gasteiger charge is -2.22. The first-order chi connectivity index (χ1) is 27.7. The van der Waals surface area contributed by atoms with Crippen LogP contribution in [0.25, 0.3) is 11.1 Å². The number of rotatable bonds is 18. The molecule has 13 heteroatoms. The molecule has 1 aliphatic heterocycles. The van der Waals surface area contributed by atoms with Crippen molar-refractivity contribution < 1.29 is 34.0 Å². The molecular formula is C45H54ClN5O7. The number of carbonyl (C=O) groups excluding carboxylic acids is 1. The first-order valence-electron chi connectivity index (χ1n) is 19.6. The molecule has 2 heterocycles. The molecule has 1 unspecified atom stereocenters. The van der Waals surface area contributed by atoms with Crippen LogP contribution in [0.15, 0.2) is 67.0 Å². The van der Waals surface area contributed by atoms with E-state index in [1.54, 1.807) is 45.2 Å². The van der Waals surface area contributed by atoms with E-state index in [1.807, 2.05) is 12.1 Å². The summed E-state index contributed by atoms with van der Waals surface area (Å²) in [5, 5.41) is 34.9. The van der Waals surface area contributed by atoms with Crippen LogP contribution in [0, 0.1) is 25.2 Å². The van der Waals surface area contributed by atoms with E-state index in [0.29, 0.717) is 33.2 Å². The number of alkyl carbamates (subject to hydrolysis) is 1. The third-order valence-electron chi connectivity index (χ3n) is 10.1. The number of amides is 1. The number of aliphatic hydroxyl groups is 1. The Hall–Kier alpha value is -5.19. The van der Waals surface area contributed by atoms with Crippen molar-refractivity contribution in [2.45, 2.75) is 97.8 Å². The molecule has 0 aliphatic carbocycles. The van der Waals surface area contributed by atoms with Gasteiger partial charge in [-0.05, 0) is 112 Å². The summed E-state index contributed by atoms with van der Waals surface area (Å²) in [7, 11) is 0. The number of carboxylic acids is 1. The molecule has 1 amide bonds. The number of pyridine rings is 1. The zero-order valence-corrected chi connectivity index (χ0v) is 34.7. The summed E-state index contributed by atoms with van der Waals surface area (Å²) in [6.07, 6.45) is 6.18. The van der Waals surface area contributed by atoms with E-state index in [0.717, 1.165) is 62.0 Å². The molecule has 1 fully saturated rings. The van der Waals surface area contributed by atoms with Crippen LogP contribution < -0.4 is 20.1 Å². The Morgan fingerprint density at radius 3 is 2.36 bits per heavy atom. The summed E-state index contributed by atoms with van der Waals surface area (Å²) in [6.45, 7) is 12.3. The van der Waals surface area contributed by atoms with Crippen LogP contribution >= 0.6 is 11.6 Å². The van der Waals surface area contributed by atoms with E-state index in [4.69, 9.17) is 25.8 Å². The molecule has 3 aromatic carbocycles. The number of aliphatic hydroxyl groups excluding tert-OH is 1. The third-order valence-corrected chi connectivity index (χ3v) is 10.4. The average Bonchev–Trinajstić information content (AvgIpc) is 3.60. The SMILES string of the molecule is Cc1c(CCCCN2CC[C@@H](O)C2)cccc1-c1cccc(COc2cc(OCc3cncc(C#N)c3)c(CNC(CNC(=O)OC(C)(C)C)C(=O)O)cc2Cl)c1C. The minimum absolute atomic E-state index is 0.0287. The highest BCUT2D eigenvalue weighted by Gasteiger charge is 2.23. The number of unbranched alkanes of at least 4 members (excludes halogenated alkanes) is 1. The zero-order chi connectivity index (χ0) is 41.8. The van der Waals surface area contributed by atoms with Gasteiger partial charge in [-0.15, -0.1) is 0 Å². The summed E-state index contributed by atoms with van der Waals surface area (Å²) in [4.78, 5) is 30.8. The molecule has 308 valence electrons. The number of aromatic nitrogens is 1. The van der Waals surface area contributed by atoms with Crippen LogP contribution in [0.1, 0.15) is 79.0 Å². The summed E-state index contributed by atoms with van der Waals surface area (Å²) >= 11 is 6.81. The topological polar surface area (TPSA) is 166 Å². The molecule has 0 bridgehead atoms. The zero-order valence-electron chi connectivity index (χ0n) is 33.9. The number of carboxylic acid groups (broad SMARTS) is 1. The number of nitriles is 1. The minimum Gasteiger partial charge on any atom is -0.488 e. The van der Waals surface area contributed by atoms with Crippen molar-refractivity contribution in [1.29, 1.82) is 5.26 Å². The van der Waals surface area contributed by atoms with Crippen molar-refractivity contribution in [3.8, 4) is 28.7 Å². The minimum atomic E-state index is -1.17. The van der Waals surface area contributed by atoms with E-state index in [-0.39, 0.29) is 32.4 Å². The van der Waals surface area contributed by atoms with Crippen molar-refractivity contribution in [2.24, 2.45) is 0 Å². The number of β-amino-alcohol motifs (C(OH)–C–C–N with tert-alkyl or cyclic N) is 1. The molecule has 2 atom stereocenters. The quantitative estimate of drug-likeness (QED) is 0.0735. The lowest BCUT2D eigenvalue weighted by molar-refractivity contribution is -0.139. The van der Waals surface area contributed by atoms with Gasteiger partial charge in [0.25, 0.3) is 0 Å². The summed E-state index contributed by atoms with van der Waals surface area (Å²) in [6, 6.07) is 18.6. The number of hydrogen-bond acceptors (Lipinski definition) is 10. The number of aryl methyl sites for hydroxylation is 1. The number of carbonyl (C=O) groups is 2. The number of hydrogen-bond donors (Lipinski definition) is 4. The Morgan fingerprint density at radius 2 is 1.69 bits per heavy atom. The lowest BCUT2D eigenvalue weighted by Crippen LogP contribution is -2.46. The van der Waals surface area contributed by atoms with Gasteiger partial charge in [-0.2, -0.15) is 5.26 Å². The summed E-state index contributed by atoms with van der Waals surface area (Å²) in [5.74, 6) is -0.412. The van der Waals surface area contributed by atoms with Crippen LogP contribution in [0.5, 0.6) is 11.5 Å². The molecule has 1 saturated heterocycles. The predicted octanol–water partition coefficient (Wildman–Crippen LogP) is 7.51. The van der Waals surface area contributed by atoms with Gasteiger partial charge in [-0.25, -0.2) is 4.79 Å². The second kappa shape index (κ2) is 20.5. The van der Waals surface area contributed by atoms with Crippen molar-refractivity contribution in [3.63, 3.8) is 0 Å². The van der Waals surface area contributed by atoms with Gasteiger partial charge >= 0.3 is 12.1 Å². The number of benzene rings is 3. The van der Waals surface area contributed by atoms with Gasteiger partial charge in [0, 0.05) is 55.8 Å². The third kappa shape index (κ3) is 12.7. The molecule has 1 aromatic heterocycles. The maximum absolute atomic E-state index is 12.2. The molecule has 58 heavy (non-hydrogen) atoms. The molecule has 12 nitrogen and oxygen atoms in total. The van der Waals surface area contributed by atoms with Crippen LogP contribution in [0.4, 0.5) is 4.79 Å². The lowest BCUT2D eigenvalue weighted by atomic mass is 9.90. The Balaban J connectivity index is 1.30. The smallest absolute Gasteiger partial charge is 0.407 e. The van der Waals surface area contributed by atoms with Gasteiger partial charge in [-0.3, -0.25) is 15.1 Å². The monoisotopic (exact) mass is 811 g/mol. The first-order valence-corrected chi connectivity index (χ1v) is 20.0. The van der Waals surface area contributed by atoms with Crippen molar-refractivity contribution >= 4 is 23.7 Å². The Labute approximate surface area is 346 Å². The van der Waals surface area contributed by atoms with Crippen molar-refractivity contribution in [3.05, 3.63) is 111 Å². The number of aliphatic carboxylic acids is 1. The molecule has 0 spiro atoms. The van der Waals surface area contributed by atoms with Crippen molar-refractivity contribution in [2.75, 3.05) is 26.2 Å². The number of ether oxygens (including phenoxy) is 3. The molecule has 5 rings (SSSR count). The van der Waals surface area contributed by atoms with Crippen LogP contribution in [0.3, 0.4) is 0 Å². The average molecular weight is 812 g/mol. The molecule has 4 aromatic rings. The van der Waals surface area contributed by atoms with E-state index in [2.05, 4.69) is 64.7 Å². The number of nitrogens with zero attached hydrogens (tertiary/aromatic N) is 3. The molecule has 0 radical (unpaired) electrons. The van der Waals surface area contributed by atoms with Gasteiger partial charge < -0.3 is 34.6 Å². The summed E-state index contributed by atoms with van der Waals surface area (Å²) in [5.41, 5.74) is 7.84. The largest absolute Gasteiger partial charge is 0.488 e. The fraction of sp³-hybridized carbons (Fsp3) is 0.422. The van der Waals surface area contributed by atoms with Crippen LogP contribution in [0.2, 0.25) is 5.02 Å². The van der Waals surface area contributed by atoms with Crippen LogP contribution in [-0.4, -0.2) is 76.1 Å². The maximum Gasteiger partial charge on any atom is 0.407 e. The second-order valence-electron chi connectivity index (χ2n) is 15.7. The highest BCUT2D eigenvalue weighted by Crippen LogP contribution is 2.36. The van der Waals surface area contributed by atoms with Gasteiger partial charge in [0.15, 0.2) is 0 Å². The fourth-order valence-corrected chi connectivity index (χ4v) is 7.17. The van der Waals surface area contributed by atoms with Gasteiger partial charge in [0.2, 0.25) is 0 Å². The molecule has 0 saturated carbocycles. The van der Waals surface area contributed by atoms with E-state index < -0.39 is 23.7 Å². The molecule has 4 N–H and O–H groups in total. The number of likely N-dealkylation sites (tertiary alicyclic amines) is 1. The van der Waals surface area contributed by atoms with Gasteiger partial charge in [0.1, 0.15) is 42.4 Å². The normalized spacial score (nSPS) is 14.8. The maximum atomic E-state index is 12.2. The first kappa shape index (κ1) is 43.9. The van der Waals surface area contributed by atoms with Gasteiger partial charge in [-0.1, -0.05) is 48.0 Å². The fourth-order valence-electron chi connectivity index (χ4n) is 6.93. The van der Waals surface area contributed by atoms with Crippen molar-refractivity contribution in [1.82, 2.24) is 20.5 Å². The standard InChI is InChI=1S/C45H54ClN5O7/c1-29-33(10-6-7-16-51-17-15-36(52)26-51)11-8-13-37(29)38-14-9-12-34(30(38)2)28-57-42-20-41(56-27-32-18-31(21-47)22-48-23-32)35(19-39(42)46)24-49-40(43(53)54)25-50-44(55)58-45(3,4)5/h8-9,11-14,18-20,22-23,36,40,49,52H,6-7,10,15-17,24-28H2,1-5H3,(H,50,55)(H,53,54)/t36-,40?/m1/s1. The predicted molar refractivity (Wildman–Crippen MR) is 223 cm³/mol. The number of halogens is 1. The Bertz CT molecular complexity index is 2100. The van der Waals surface area contributed by atoms with Crippen LogP contribution in [-0.2, 0) is 35.7 Å². The van der Waals surface area contributed by atoms with E-state index in [1.165, 1.54) is 22.9 Å². The molecule has 1 aliphatic rings. The number of nitrogens with one attached hydrogen (secondary N) is 2. The van der Waals surface area contributed by atoms with Gasteiger partial charge in [0.05, 0.1) is 16.7 Å². The summed E-state index contributed by atoms with van der Waals surface area (Å²) < 4.78 is 17.8. The van der Waals surface area contributed by atoms with E-state index in [9.17, 15) is 25.1 Å². The highest BCUT2D eigenvalue weighted by atomic mass is 35.5.